The maximum absolute atomic E-state index is 10.9. The lowest BCUT2D eigenvalue weighted by Gasteiger charge is -2.02. The molecule has 0 radical (unpaired) electrons. The van der Waals surface area contributed by atoms with Crippen molar-refractivity contribution in [3.63, 3.8) is 0 Å². The van der Waals surface area contributed by atoms with Crippen LogP contribution in [0.25, 0.3) is 0 Å². The third-order valence-corrected chi connectivity index (χ3v) is 2.48. The topological polar surface area (TPSA) is 97.1 Å². The van der Waals surface area contributed by atoms with E-state index in [0.717, 1.165) is 17.1 Å². The number of primary amides is 1. The fourth-order valence-corrected chi connectivity index (χ4v) is 1.44. The van der Waals surface area contributed by atoms with Crippen molar-refractivity contribution in [2.45, 2.75) is 12.8 Å². The van der Waals surface area contributed by atoms with Gasteiger partial charge in [0, 0.05) is 6.42 Å². The Labute approximate surface area is 116 Å². The Morgan fingerprint density at radius 3 is 2.45 bits per heavy atom. The zero-order valence-electron chi connectivity index (χ0n) is 11.4. The number of nitrogens with two attached hydrogens (primary N) is 1. The number of benzene rings is 1. The number of carbonyl (C=O) groups excluding carboxylic acids is 2. The van der Waals surface area contributed by atoms with E-state index in [-0.39, 0.29) is 12.8 Å². The molecule has 0 atom stereocenters. The van der Waals surface area contributed by atoms with Crippen molar-refractivity contribution in [3.05, 3.63) is 23.8 Å². The van der Waals surface area contributed by atoms with Gasteiger partial charge in [-0.1, -0.05) is 6.07 Å². The molecule has 1 aromatic carbocycles. The van der Waals surface area contributed by atoms with Gasteiger partial charge in [0.15, 0.2) is 11.5 Å². The van der Waals surface area contributed by atoms with E-state index < -0.39 is 6.09 Å². The molecule has 0 aromatic heterocycles. The number of ether oxygens (including phenoxy) is 4. The standard InChI is InChI=1S/C11H12O4.C2H5NO2/c1-13-11(12)5-3-8-2-4-9-10(6-8)15-7-14-9;1-5-2(3)4/h2,4,6H,3,5,7H2,1H3;1H3,(H2,3,4). The van der Waals surface area contributed by atoms with Crippen LogP contribution >= 0.6 is 0 Å². The molecule has 2 rings (SSSR count). The lowest BCUT2D eigenvalue weighted by atomic mass is 10.1. The normalized spacial score (nSPS) is 11.1. The van der Waals surface area contributed by atoms with Gasteiger partial charge in [0.2, 0.25) is 6.79 Å². The van der Waals surface area contributed by atoms with Gasteiger partial charge in [-0.25, -0.2) is 4.79 Å². The van der Waals surface area contributed by atoms with Gasteiger partial charge in [-0.05, 0) is 24.1 Å². The van der Waals surface area contributed by atoms with Gasteiger partial charge in [0.05, 0.1) is 14.2 Å². The summed E-state index contributed by atoms with van der Waals surface area (Å²) in [7, 11) is 2.62. The number of rotatable bonds is 3. The molecule has 110 valence electrons. The number of esters is 1. The average molecular weight is 283 g/mol. The van der Waals surface area contributed by atoms with Crippen LogP contribution in [0.5, 0.6) is 11.5 Å². The second kappa shape index (κ2) is 7.88. The Balaban J connectivity index is 0.000000347. The molecule has 0 unspecified atom stereocenters. The number of hydrogen-bond donors (Lipinski definition) is 1. The highest BCUT2D eigenvalue weighted by Crippen LogP contribution is 2.32. The predicted molar refractivity (Wildman–Crippen MR) is 69.5 cm³/mol. The van der Waals surface area contributed by atoms with E-state index >= 15 is 0 Å². The van der Waals surface area contributed by atoms with Gasteiger partial charge in [-0.2, -0.15) is 0 Å². The minimum absolute atomic E-state index is 0.201. The summed E-state index contributed by atoms with van der Waals surface area (Å²) >= 11 is 0. The zero-order valence-corrected chi connectivity index (χ0v) is 11.4. The summed E-state index contributed by atoms with van der Waals surface area (Å²) in [6.45, 7) is 0.274. The summed E-state index contributed by atoms with van der Waals surface area (Å²) in [5.41, 5.74) is 5.48. The Kier molecular flexibility index (Phi) is 6.15. The zero-order chi connectivity index (χ0) is 15.0. The highest BCUT2D eigenvalue weighted by Gasteiger charge is 2.13. The van der Waals surface area contributed by atoms with Crippen molar-refractivity contribution < 1.29 is 28.5 Å². The minimum atomic E-state index is -0.745. The van der Waals surface area contributed by atoms with Gasteiger partial charge < -0.3 is 24.7 Å². The van der Waals surface area contributed by atoms with Crippen molar-refractivity contribution >= 4 is 12.1 Å². The summed E-state index contributed by atoms with van der Waals surface area (Å²) in [5.74, 6) is 1.31. The van der Waals surface area contributed by atoms with E-state index in [9.17, 15) is 9.59 Å². The summed E-state index contributed by atoms with van der Waals surface area (Å²) in [5, 5.41) is 0. The predicted octanol–water partition coefficient (Wildman–Crippen LogP) is 1.23. The number of carbonyl (C=O) groups is 2. The minimum Gasteiger partial charge on any atom is -0.469 e. The molecule has 20 heavy (non-hydrogen) atoms. The molecule has 0 bridgehead atoms. The summed E-state index contributed by atoms with van der Waals surface area (Å²) in [4.78, 5) is 20.3. The second-order valence-corrected chi connectivity index (χ2v) is 3.79. The molecule has 2 N–H and O–H groups in total. The van der Waals surface area contributed by atoms with Crippen LogP contribution in [0.3, 0.4) is 0 Å². The van der Waals surface area contributed by atoms with E-state index in [1.165, 1.54) is 14.2 Å². The molecule has 0 saturated carbocycles. The molecule has 1 aliphatic rings. The smallest absolute Gasteiger partial charge is 0.404 e. The lowest BCUT2D eigenvalue weighted by Crippen LogP contribution is -2.08. The van der Waals surface area contributed by atoms with Crippen LogP contribution in [0.15, 0.2) is 18.2 Å². The number of amides is 1. The van der Waals surface area contributed by atoms with Crippen molar-refractivity contribution in [1.29, 1.82) is 0 Å². The lowest BCUT2D eigenvalue weighted by molar-refractivity contribution is -0.140. The van der Waals surface area contributed by atoms with E-state index in [1.54, 1.807) is 0 Å². The Bertz CT molecular complexity index is 474. The SMILES string of the molecule is COC(=O)CCc1ccc2c(c1)OCO2.COC(N)=O. The molecule has 1 aromatic rings. The Morgan fingerprint density at radius 2 is 1.85 bits per heavy atom. The van der Waals surface area contributed by atoms with E-state index in [4.69, 9.17) is 9.47 Å². The second-order valence-electron chi connectivity index (χ2n) is 3.79. The van der Waals surface area contributed by atoms with Crippen LogP contribution in [0, 0.1) is 0 Å². The van der Waals surface area contributed by atoms with Crippen molar-refractivity contribution in [2.24, 2.45) is 5.73 Å². The molecule has 0 saturated heterocycles. The van der Waals surface area contributed by atoms with Crippen LogP contribution in [0.2, 0.25) is 0 Å². The molecule has 0 fully saturated rings. The molecule has 1 amide bonds. The number of methoxy groups -OCH3 is 2. The first-order valence-electron chi connectivity index (χ1n) is 5.85. The van der Waals surface area contributed by atoms with Gasteiger partial charge >= 0.3 is 12.1 Å². The Morgan fingerprint density at radius 1 is 1.20 bits per heavy atom. The van der Waals surface area contributed by atoms with Crippen LogP contribution in [0.4, 0.5) is 4.79 Å². The first kappa shape index (κ1) is 15.6. The first-order valence-corrected chi connectivity index (χ1v) is 5.85. The third kappa shape index (κ3) is 5.05. The van der Waals surface area contributed by atoms with Crippen LogP contribution in [-0.2, 0) is 20.7 Å². The largest absolute Gasteiger partial charge is 0.469 e. The van der Waals surface area contributed by atoms with E-state index in [1.807, 2.05) is 18.2 Å². The maximum Gasteiger partial charge on any atom is 0.404 e. The number of fused-ring (bicyclic) bond motifs is 1. The van der Waals surface area contributed by atoms with Gasteiger partial charge in [0.25, 0.3) is 0 Å². The quantitative estimate of drug-likeness (QED) is 0.838. The molecule has 7 heteroatoms. The highest BCUT2D eigenvalue weighted by atomic mass is 16.7. The maximum atomic E-state index is 10.9. The van der Waals surface area contributed by atoms with Gasteiger partial charge in [-0.3, -0.25) is 4.79 Å². The summed E-state index contributed by atoms with van der Waals surface area (Å²) in [6.07, 6.45) is 0.296. The van der Waals surface area contributed by atoms with Crippen molar-refractivity contribution in [2.75, 3.05) is 21.0 Å². The fourth-order valence-electron chi connectivity index (χ4n) is 1.44. The molecule has 1 heterocycles. The van der Waals surface area contributed by atoms with Gasteiger partial charge in [0.1, 0.15) is 0 Å². The van der Waals surface area contributed by atoms with Crippen LogP contribution < -0.4 is 15.2 Å². The molecular formula is C13H17NO6. The number of hydrogen-bond acceptors (Lipinski definition) is 6. The summed E-state index contributed by atoms with van der Waals surface area (Å²) < 4.78 is 18.9. The summed E-state index contributed by atoms with van der Waals surface area (Å²) in [6, 6.07) is 5.68. The van der Waals surface area contributed by atoms with Crippen molar-refractivity contribution in [3.8, 4) is 11.5 Å². The van der Waals surface area contributed by atoms with E-state index in [0.29, 0.717) is 12.8 Å². The number of aryl methyl sites for hydroxylation is 1. The average Bonchev–Trinajstić information content (AvgIpc) is 2.92. The monoisotopic (exact) mass is 283 g/mol. The first-order chi connectivity index (χ1) is 9.56. The fraction of sp³-hybridized carbons (Fsp3) is 0.385. The highest BCUT2D eigenvalue weighted by molar-refractivity contribution is 5.69. The molecule has 0 spiro atoms. The molecule has 7 nitrogen and oxygen atoms in total. The Hall–Kier alpha value is -2.44. The van der Waals surface area contributed by atoms with Crippen LogP contribution in [0.1, 0.15) is 12.0 Å². The molecular weight excluding hydrogens is 266 g/mol. The molecule has 0 aliphatic carbocycles. The van der Waals surface area contributed by atoms with Crippen molar-refractivity contribution in [1.82, 2.24) is 0 Å². The third-order valence-electron chi connectivity index (χ3n) is 2.48. The van der Waals surface area contributed by atoms with Crippen LogP contribution in [-0.4, -0.2) is 33.1 Å². The molecule has 1 aliphatic heterocycles. The van der Waals surface area contributed by atoms with E-state index in [2.05, 4.69) is 15.2 Å². The van der Waals surface area contributed by atoms with Gasteiger partial charge in [-0.15, -0.1) is 0 Å².